The Hall–Kier alpha value is -1.39. The maximum absolute atomic E-state index is 11.4. The monoisotopic (exact) mass is 261 g/mol. The second kappa shape index (κ2) is 6.68. The molecule has 1 aromatic rings. The van der Waals surface area contributed by atoms with Crippen molar-refractivity contribution in [1.29, 1.82) is 0 Å². The molecular formula is C15H23N3O. The van der Waals surface area contributed by atoms with Crippen LogP contribution in [0.5, 0.6) is 0 Å². The van der Waals surface area contributed by atoms with E-state index in [4.69, 9.17) is 5.73 Å². The third-order valence-corrected chi connectivity index (χ3v) is 3.81. The summed E-state index contributed by atoms with van der Waals surface area (Å²) < 4.78 is 0. The molecule has 1 saturated carbocycles. The molecule has 0 aromatic heterocycles. The van der Waals surface area contributed by atoms with Crippen molar-refractivity contribution in [1.82, 2.24) is 10.6 Å². The van der Waals surface area contributed by atoms with Gasteiger partial charge in [0.1, 0.15) is 0 Å². The summed E-state index contributed by atoms with van der Waals surface area (Å²) in [6, 6.07) is 8.72. The van der Waals surface area contributed by atoms with Crippen LogP contribution in [0.3, 0.4) is 0 Å². The molecule has 19 heavy (non-hydrogen) atoms. The number of rotatable bonds is 4. The molecule has 4 nitrogen and oxygen atoms in total. The molecule has 0 atom stereocenters. The smallest absolute Gasteiger partial charge is 0.251 e. The summed E-state index contributed by atoms with van der Waals surface area (Å²) in [7, 11) is 1.64. The number of amides is 1. The van der Waals surface area contributed by atoms with Crippen LogP contribution in [0.25, 0.3) is 0 Å². The molecule has 0 heterocycles. The lowest BCUT2D eigenvalue weighted by molar-refractivity contribution is 0.0963. The molecule has 1 aliphatic rings. The van der Waals surface area contributed by atoms with Crippen molar-refractivity contribution in [3.8, 4) is 0 Å². The molecule has 1 aromatic carbocycles. The minimum atomic E-state index is -0.0409. The first-order chi connectivity index (χ1) is 9.19. The summed E-state index contributed by atoms with van der Waals surface area (Å²) in [6.45, 7) is 0.855. The quantitative estimate of drug-likeness (QED) is 0.767. The highest BCUT2D eigenvalue weighted by Gasteiger charge is 2.17. The normalized spacial score (nSPS) is 23.1. The molecule has 0 aliphatic heterocycles. The molecule has 0 saturated heterocycles. The molecule has 0 unspecified atom stereocenters. The molecule has 1 amide bonds. The summed E-state index contributed by atoms with van der Waals surface area (Å²) in [4.78, 5) is 11.4. The van der Waals surface area contributed by atoms with Gasteiger partial charge >= 0.3 is 0 Å². The van der Waals surface area contributed by atoms with Gasteiger partial charge in [0.05, 0.1) is 0 Å². The van der Waals surface area contributed by atoms with Crippen LogP contribution >= 0.6 is 0 Å². The van der Waals surface area contributed by atoms with Gasteiger partial charge in [0.2, 0.25) is 0 Å². The van der Waals surface area contributed by atoms with Gasteiger partial charge in [0.25, 0.3) is 5.91 Å². The van der Waals surface area contributed by atoms with Crippen molar-refractivity contribution in [2.24, 2.45) is 5.73 Å². The van der Waals surface area contributed by atoms with Crippen LogP contribution < -0.4 is 16.4 Å². The molecule has 2 rings (SSSR count). The molecule has 4 heteroatoms. The first-order valence-corrected chi connectivity index (χ1v) is 6.99. The predicted molar refractivity (Wildman–Crippen MR) is 76.9 cm³/mol. The summed E-state index contributed by atoms with van der Waals surface area (Å²) in [5.41, 5.74) is 7.81. The minimum absolute atomic E-state index is 0.0409. The van der Waals surface area contributed by atoms with Crippen molar-refractivity contribution in [2.45, 2.75) is 44.3 Å². The highest BCUT2D eigenvalue weighted by molar-refractivity contribution is 5.93. The van der Waals surface area contributed by atoms with E-state index in [-0.39, 0.29) is 5.91 Å². The van der Waals surface area contributed by atoms with Gasteiger partial charge in [-0.15, -0.1) is 0 Å². The SMILES string of the molecule is CNC(=O)c1ccc(CNC2CCC(N)CC2)cc1. The van der Waals surface area contributed by atoms with E-state index in [1.165, 1.54) is 5.56 Å². The van der Waals surface area contributed by atoms with Crippen molar-refractivity contribution in [3.05, 3.63) is 35.4 Å². The first-order valence-electron chi connectivity index (χ1n) is 6.99. The van der Waals surface area contributed by atoms with E-state index in [0.29, 0.717) is 17.6 Å². The number of hydrogen-bond acceptors (Lipinski definition) is 3. The number of benzene rings is 1. The van der Waals surface area contributed by atoms with E-state index in [0.717, 1.165) is 32.2 Å². The van der Waals surface area contributed by atoms with Gasteiger partial charge in [-0.3, -0.25) is 4.79 Å². The summed E-state index contributed by atoms with van der Waals surface area (Å²) in [6.07, 6.45) is 4.57. The Morgan fingerprint density at radius 2 is 1.84 bits per heavy atom. The third kappa shape index (κ3) is 4.04. The second-order valence-electron chi connectivity index (χ2n) is 5.27. The van der Waals surface area contributed by atoms with Gasteiger partial charge in [-0.05, 0) is 43.4 Å². The van der Waals surface area contributed by atoms with Gasteiger partial charge in [0, 0.05) is 31.2 Å². The highest BCUT2D eigenvalue weighted by atomic mass is 16.1. The lowest BCUT2D eigenvalue weighted by Gasteiger charge is -2.27. The Balaban J connectivity index is 1.81. The zero-order valence-corrected chi connectivity index (χ0v) is 11.5. The number of nitrogens with one attached hydrogen (secondary N) is 2. The van der Waals surface area contributed by atoms with Crippen molar-refractivity contribution < 1.29 is 4.79 Å². The van der Waals surface area contributed by atoms with Crippen molar-refractivity contribution in [2.75, 3.05) is 7.05 Å². The zero-order valence-electron chi connectivity index (χ0n) is 11.5. The third-order valence-electron chi connectivity index (χ3n) is 3.81. The molecule has 1 fully saturated rings. The zero-order chi connectivity index (χ0) is 13.7. The molecule has 0 spiro atoms. The van der Waals surface area contributed by atoms with E-state index in [1.54, 1.807) is 7.05 Å². The fourth-order valence-electron chi connectivity index (χ4n) is 2.50. The molecule has 0 radical (unpaired) electrons. The standard InChI is InChI=1S/C15H23N3O/c1-17-15(19)12-4-2-11(3-5-12)10-18-14-8-6-13(16)7-9-14/h2-5,13-14,18H,6-10,16H2,1H3,(H,17,19). The Kier molecular flexibility index (Phi) is 4.93. The van der Waals surface area contributed by atoms with Crippen LogP contribution in [0.2, 0.25) is 0 Å². The highest BCUT2D eigenvalue weighted by Crippen LogP contribution is 2.17. The van der Waals surface area contributed by atoms with Gasteiger partial charge in [-0.25, -0.2) is 0 Å². The average Bonchev–Trinajstić information content (AvgIpc) is 2.46. The molecule has 104 valence electrons. The van der Waals surface area contributed by atoms with E-state index >= 15 is 0 Å². The van der Waals surface area contributed by atoms with Crippen LogP contribution in [0.4, 0.5) is 0 Å². The first kappa shape index (κ1) is 14.0. The molecular weight excluding hydrogens is 238 g/mol. The van der Waals surface area contributed by atoms with Gasteiger partial charge in [0.15, 0.2) is 0 Å². The van der Waals surface area contributed by atoms with Crippen LogP contribution in [-0.2, 0) is 6.54 Å². The molecule has 4 N–H and O–H groups in total. The van der Waals surface area contributed by atoms with Gasteiger partial charge < -0.3 is 16.4 Å². The summed E-state index contributed by atoms with van der Waals surface area (Å²) >= 11 is 0. The number of nitrogens with two attached hydrogens (primary N) is 1. The number of hydrogen-bond donors (Lipinski definition) is 3. The molecule has 1 aliphatic carbocycles. The van der Waals surface area contributed by atoms with Crippen LogP contribution in [0.1, 0.15) is 41.6 Å². The van der Waals surface area contributed by atoms with E-state index in [9.17, 15) is 4.79 Å². The fourth-order valence-corrected chi connectivity index (χ4v) is 2.50. The fraction of sp³-hybridized carbons (Fsp3) is 0.533. The number of carbonyl (C=O) groups excluding carboxylic acids is 1. The second-order valence-corrected chi connectivity index (χ2v) is 5.27. The van der Waals surface area contributed by atoms with Gasteiger partial charge in [-0.1, -0.05) is 12.1 Å². The van der Waals surface area contributed by atoms with E-state index < -0.39 is 0 Å². The van der Waals surface area contributed by atoms with Crippen molar-refractivity contribution >= 4 is 5.91 Å². The predicted octanol–water partition coefficient (Wildman–Crippen LogP) is 1.41. The minimum Gasteiger partial charge on any atom is -0.355 e. The van der Waals surface area contributed by atoms with Crippen molar-refractivity contribution in [3.63, 3.8) is 0 Å². The Morgan fingerprint density at radius 3 is 2.42 bits per heavy atom. The van der Waals surface area contributed by atoms with Crippen LogP contribution in [0, 0.1) is 0 Å². The lowest BCUT2D eigenvalue weighted by atomic mass is 9.92. The van der Waals surface area contributed by atoms with Crippen LogP contribution in [-0.4, -0.2) is 25.0 Å². The lowest BCUT2D eigenvalue weighted by Crippen LogP contribution is -2.37. The van der Waals surface area contributed by atoms with Gasteiger partial charge in [-0.2, -0.15) is 0 Å². The van der Waals surface area contributed by atoms with Crippen LogP contribution in [0.15, 0.2) is 24.3 Å². The maximum Gasteiger partial charge on any atom is 0.251 e. The Labute approximate surface area is 114 Å². The maximum atomic E-state index is 11.4. The average molecular weight is 261 g/mol. The topological polar surface area (TPSA) is 67.2 Å². The largest absolute Gasteiger partial charge is 0.355 e. The Bertz CT molecular complexity index is 408. The summed E-state index contributed by atoms with van der Waals surface area (Å²) in [5.74, 6) is -0.0409. The number of carbonyl (C=O) groups is 1. The van der Waals surface area contributed by atoms with E-state index in [2.05, 4.69) is 10.6 Å². The molecule has 0 bridgehead atoms. The van der Waals surface area contributed by atoms with E-state index in [1.807, 2.05) is 24.3 Å². The Morgan fingerprint density at radius 1 is 1.21 bits per heavy atom. The summed E-state index contributed by atoms with van der Waals surface area (Å²) in [5, 5.41) is 6.19.